The van der Waals surface area contributed by atoms with Crippen molar-refractivity contribution in [3.8, 4) is 0 Å². The van der Waals surface area contributed by atoms with E-state index in [1.807, 2.05) is 6.92 Å². The highest BCUT2D eigenvalue weighted by Gasteiger charge is 2.24. The molecular weight excluding hydrogens is 254 g/mol. The van der Waals surface area contributed by atoms with E-state index in [4.69, 9.17) is 5.73 Å². The Morgan fingerprint density at radius 3 is 2.89 bits per heavy atom. The highest BCUT2D eigenvalue weighted by Crippen LogP contribution is 2.35. The standard InChI is InChI=1S/C15H21N3S/c1-9-4-5-18(10(2)6-9)14-8-13-15(7-12(14)16)19-11(3)17-13/h7-10H,4-6,16H2,1-3H3. The summed E-state index contributed by atoms with van der Waals surface area (Å²) in [6.07, 6.45) is 2.49. The first-order valence-electron chi connectivity index (χ1n) is 6.98. The summed E-state index contributed by atoms with van der Waals surface area (Å²) in [5.41, 5.74) is 9.39. The van der Waals surface area contributed by atoms with Crippen LogP contribution in [0, 0.1) is 12.8 Å². The highest BCUT2D eigenvalue weighted by molar-refractivity contribution is 7.18. The summed E-state index contributed by atoms with van der Waals surface area (Å²) >= 11 is 1.71. The second-order valence-electron chi connectivity index (χ2n) is 5.78. The fraction of sp³-hybridized carbons (Fsp3) is 0.533. The Kier molecular flexibility index (Phi) is 3.13. The quantitative estimate of drug-likeness (QED) is 0.805. The first-order chi connectivity index (χ1) is 9.04. The van der Waals surface area contributed by atoms with Crippen molar-refractivity contribution in [2.24, 2.45) is 5.92 Å². The zero-order valence-corrected chi connectivity index (χ0v) is 12.6. The lowest BCUT2D eigenvalue weighted by atomic mass is 9.93. The molecule has 0 saturated carbocycles. The molecule has 2 N–H and O–H groups in total. The maximum absolute atomic E-state index is 6.26. The highest BCUT2D eigenvalue weighted by atomic mass is 32.1. The van der Waals surface area contributed by atoms with Crippen molar-refractivity contribution in [1.82, 2.24) is 4.98 Å². The molecule has 19 heavy (non-hydrogen) atoms. The van der Waals surface area contributed by atoms with E-state index >= 15 is 0 Å². The van der Waals surface area contributed by atoms with Crippen LogP contribution < -0.4 is 10.6 Å². The number of fused-ring (bicyclic) bond motifs is 1. The van der Waals surface area contributed by atoms with Crippen LogP contribution >= 0.6 is 11.3 Å². The van der Waals surface area contributed by atoms with E-state index in [0.29, 0.717) is 6.04 Å². The van der Waals surface area contributed by atoms with Gasteiger partial charge in [0.15, 0.2) is 0 Å². The largest absolute Gasteiger partial charge is 0.397 e. The van der Waals surface area contributed by atoms with E-state index < -0.39 is 0 Å². The second kappa shape index (κ2) is 4.67. The van der Waals surface area contributed by atoms with Crippen molar-refractivity contribution in [1.29, 1.82) is 0 Å². The molecule has 3 rings (SSSR count). The Hall–Kier alpha value is -1.29. The first kappa shape index (κ1) is 12.7. The summed E-state index contributed by atoms with van der Waals surface area (Å²) in [6.45, 7) is 7.78. The number of nitrogens with zero attached hydrogens (tertiary/aromatic N) is 2. The van der Waals surface area contributed by atoms with Gasteiger partial charge in [-0.2, -0.15) is 0 Å². The van der Waals surface area contributed by atoms with Crippen LogP contribution in [0.15, 0.2) is 12.1 Å². The number of rotatable bonds is 1. The van der Waals surface area contributed by atoms with Crippen molar-refractivity contribution < 1.29 is 0 Å². The van der Waals surface area contributed by atoms with Crippen LogP contribution in [0.2, 0.25) is 0 Å². The lowest BCUT2D eigenvalue weighted by Gasteiger charge is -2.38. The number of hydrogen-bond acceptors (Lipinski definition) is 4. The summed E-state index contributed by atoms with van der Waals surface area (Å²) in [4.78, 5) is 7.03. The zero-order chi connectivity index (χ0) is 13.6. The average molecular weight is 275 g/mol. The van der Waals surface area contributed by atoms with Gasteiger partial charge in [-0.05, 0) is 44.7 Å². The fourth-order valence-corrected chi connectivity index (χ4v) is 3.96. The summed E-state index contributed by atoms with van der Waals surface area (Å²) in [5, 5.41) is 1.10. The second-order valence-corrected chi connectivity index (χ2v) is 7.02. The van der Waals surface area contributed by atoms with Gasteiger partial charge in [-0.1, -0.05) is 6.92 Å². The smallest absolute Gasteiger partial charge is 0.0907 e. The van der Waals surface area contributed by atoms with E-state index in [9.17, 15) is 0 Å². The van der Waals surface area contributed by atoms with Crippen molar-refractivity contribution in [2.75, 3.05) is 17.2 Å². The molecule has 2 unspecified atom stereocenters. The Bertz CT molecular complexity index is 605. The molecule has 3 nitrogen and oxygen atoms in total. The predicted molar refractivity (Wildman–Crippen MR) is 84.0 cm³/mol. The molecule has 1 aromatic carbocycles. The van der Waals surface area contributed by atoms with Gasteiger partial charge < -0.3 is 10.6 Å². The van der Waals surface area contributed by atoms with Crippen molar-refractivity contribution in [3.05, 3.63) is 17.1 Å². The number of piperidine rings is 1. The molecule has 0 spiro atoms. The minimum absolute atomic E-state index is 0.559. The molecule has 2 atom stereocenters. The Balaban J connectivity index is 2.01. The molecule has 1 fully saturated rings. The van der Waals surface area contributed by atoms with Crippen LogP contribution in [-0.2, 0) is 0 Å². The number of thiazole rings is 1. The maximum Gasteiger partial charge on any atom is 0.0907 e. The number of aromatic nitrogens is 1. The molecule has 0 radical (unpaired) electrons. The van der Waals surface area contributed by atoms with Gasteiger partial charge in [0.05, 0.1) is 26.6 Å². The number of anilines is 2. The summed E-state index contributed by atoms with van der Waals surface area (Å²) in [6, 6.07) is 4.81. The van der Waals surface area contributed by atoms with E-state index in [0.717, 1.165) is 34.4 Å². The molecule has 4 heteroatoms. The third-order valence-electron chi connectivity index (χ3n) is 4.09. The number of nitrogen functional groups attached to an aromatic ring is 1. The molecule has 102 valence electrons. The van der Waals surface area contributed by atoms with Gasteiger partial charge in [0.2, 0.25) is 0 Å². The van der Waals surface area contributed by atoms with Crippen LogP contribution in [0.5, 0.6) is 0 Å². The lowest BCUT2D eigenvalue weighted by molar-refractivity contribution is 0.378. The molecular formula is C15H21N3S. The number of benzene rings is 1. The van der Waals surface area contributed by atoms with Gasteiger partial charge >= 0.3 is 0 Å². The summed E-state index contributed by atoms with van der Waals surface area (Å²) in [5.74, 6) is 0.817. The van der Waals surface area contributed by atoms with Gasteiger partial charge in [-0.25, -0.2) is 4.98 Å². The van der Waals surface area contributed by atoms with Crippen LogP contribution in [0.25, 0.3) is 10.2 Å². The van der Waals surface area contributed by atoms with Gasteiger partial charge in [0.25, 0.3) is 0 Å². The Labute approximate surface area is 118 Å². The van der Waals surface area contributed by atoms with Crippen LogP contribution in [0.1, 0.15) is 31.7 Å². The zero-order valence-electron chi connectivity index (χ0n) is 11.8. The third kappa shape index (κ3) is 2.29. The Morgan fingerprint density at radius 1 is 1.37 bits per heavy atom. The first-order valence-corrected chi connectivity index (χ1v) is 7.79. The van der Waals surface area contributed by atoms with E-state index in [-0.39, 0.29) is 0 Å². The maximum atomic E-state index is 6.26. The van der Waals surface area contributed by atoms with Crippen molar-refractivity contribution in [2.45, 2.75) is 39.7 Å². The number of hydrogen-bond donors (Lipinski definition) is 1. The van der Waals surface area contributed by atoms with E-state index in [2.05, 4.69) is 35.9 Å². The van der Waals surface area contributed by atoms with Gasteiger partial charge in [0, 0.05) is 12.6 Å². The summed E-state index contributed by atoms with van der Waals surface area (Å²) < 4.78 is 1.19. The number of aryl methyl sites for hydroxylation is 1. The predicted octanol–water partition coefficient (Wildman–Crippen LogP) is 3.81. The Morgan fingerprint density at radius 2 is 2.16 bits per heavy atom. The van der Waals surface area contributed by atoms with Crippen LogP contribution in [0.3, 0.4) is 0 Å². The lowest BCUT2D eigenvalue weighted by Crippen LogP contribution is -2.40. The average Bonchev–Trinajstić information content (AvgIpc) is 2.68. The molecule has 2 heterocycles. The van der Waals surface area contributed by atoms with E-state index in [1.165, 1.54) is 17.5 Å². The SMILES string of the molecule is Cc1nc2cc(N3CCC(C)CC3C)c(N)cc2s1. The molecule has 1 aromatic heterocycles. The summed E-state index contributed by atoms with van der Waals surface area (Å²) in [7, 11) is 0. The number of nitrogens with two attached hydrogens (primary N) is 1. The normalized spacial score (nSPS) is 24.1. The van der Waals surface area contributed by atoms with Gasteiger partial charge in [-0.15, -0.1) is 11.3 Å². The van der Waals surface area contributed by atoms with E-state index in [1.54, 1.807) is 11.3 Å². The molecule has 0 bridgehead atoms. The third-order valence-corrected chi connectivity index (χ3v) is 5.03. The minimum atomic E-state index is 0.559. The monoisotopic (exact) mass is 275 g/mol. The molecule has 1 saturated heterocycles. The minimum Gasteiger partial charge on any atom is -0.397 e. The topological polar surface area (TPSA) is 42.2 Å². The van der Waals surface area contributed by atoms with Crippen molar-refractivity contribution in [3.63, 3.8) is 0 Å². The van der Waals surface area contributed by atoms with Crippen molar-refractivity contribution >= 4 is 32.9 Å². The van der Waals surface area contributed by atoms with Crippen LogP contribution in [-0.4, -0.2) is 17.6 Å². The van der Waals surface area contributed by atoms with Gasteiger partial charge in [0.1, 0.15) is 0 Å². The molecule has 0 aliphatic carbocycles. The van der Waals surface area contributed by atoms with Crippen LogP contribution in [0.4, 0.5) is 11.4 Å². The molecule has 1 aliphatic heterocycles. The molecule has 0 amide bonds. The van der Waals surface area contributed by atoms with Gasteiger partial charge in [-0.3, -0.25) is 0 Å². The fourth-order valence-electron chi connectivity index (χ4n) is 3.11. The molecule has 2 aromatic rings. The molecule has 1 aliphatic rings.